The van der Waals surface area contributed by atoms with E-state index < -0.39 is 0 Å². The molecule has 1 aliphatic rings. The normalized spacial score (nSPS) is 15.8. The standard InChI is InChI=1S/C21H36N6O/c1-21(2,3)25-19(28)16-26(5)20(22-4)24-15-17-10-11-23-18(14-17)27-12-8-6-7-9-13-27/h10-11,14H,6-9,12-13,15-16H2,1-5H3,(H,22,24)(H,25,28). The Balaban J connectivity index is 1.92. The molecule has 0 aliphatic carbocycles. The highest BCUT2D eigenvalue weighted by Crippen LogP contribution is 2.18. The number of pyridine rings is 1. The monoisotopic (exact) mass is 388 g/mol. The zero-order chi connectivity index (χ0) is 20.6. The second kappa shape index (κ2) is 10.3. The summed E-state index contributed by atoms with van der Waals surface area (Å²) in [5.41, 5.74) is 0.915. The predicted octanol–water partition coefficient (Wildman–Crippen LogP) is 2.38. The third kappa shape index (κ3) is 7.37. The minimum atomic E-state index is -0.240. The van der Waals surface area contributed by atoms with Gasteiger partial charge in [-0.1, -0.05) is 12.8 Å². The van der Waals surface area contributed by atoms with Gasteiger partial charge in [-0.3, -0.25) is 9.79 Å². The molecule has 28 heavy (non-hydrogen) atoms. The Morgan fingerprint density at radius 3 is 2.54 bits per heavy atom. The molecule has 2 rings (SSSR count). The Kier molecular flexibility index (Phi) is 8.08. The molecule has 1 aliphatic heterocycles. The molecule has 2 heterocycles. The molecule has 2 N–H and O–H groups in total. The molecule has 1 aromatic heterocycles. The molecule has 156 valence electrons. The summed E-state index contributed by atoms with van der Waals surface area (Å²) in [6, 6.07) is 4.17. The number of carbonyl (C=O) groups is 1. The van der Waals surface area contributed by atoms with Crippen LogP contribution in [0.3, 0.4) is 0 Å². The third-order valence-corrected chi connectivity index (χ3v) is 4.66. The molecule has 0 unspecified atom stereocenters. The van der Waals surface area contributed by atoms with Crippen LogP contribution in [0.1, 0.15) is 52.0 Å². The minimum absolute atomic E-state index is 0.0229. The first-order chi connectivity index (χ1) is 13.3. The highest BCUT2D eigenvalue weighted by Gasteiger charge is 2.17. The van der Waals surface area contributed by atoms with Gasteiger partial charge in [-0.05, 0) is 51.3 Å². The number of nitrogens with one attached hydrogen (secondary N) is 2. The van der Waals surface area contributed by atoms with E-state index >= 15 is 0 Å². The number of anilines is 1. The van der Waals surface area contributed by atoms with Crippen LogP contribution in [0.4, 0.5) is 5.82 Å². The molecule has 1 saturated heterocycles. The number of rotatable bonds is 5. The van der Waals surface area contributed by atoms with E-state index in [1.807, 2.05) is 45.0 Å². The van der Waals surface area contributed by atoms with Crippen molar-refractivity contribution in [2.75, 3.05) is 38.6 Å². The molecule has 0 radical (unpaired) electrons. The summed E-state index contributed by atoms with van der Waals surface area (Å²) in [5, 5.41) is 6.32. The van der Waals surface area contributed by atoms with Gasteiger partial charge in [0.2, 0.25) is 5.91 Å². The van der Waals surface area contributed by atoms with Gasteiger partial charge in [-0.25, -0.2) is 4.98 Å². The second-order valence-corrected chi connectivity index (χ2v) is 8.48. The molecular weight excluding hydrogens is 352 g/mol. The lowest BCUT2D eigenvalue weighted by Crippen LogP contribution is -2.48. The molecule has 0 aromatic carbocycles. The van der Waals surface area contributed by atoms with E-state index in [1.165, 1.54) is 25.7 Å². The van der Waals surface area contributed by atoms with Gasteiger partial charge >= 0.3 is 0 Å². The lowest BCUT2D eigenvalue weighted by Gasteiger charge is -2.25. The number of hydrogen-bond donors (Lipinski definition) is 2. The molecule has 0 saturated carbocycles. The van der Waals surface area contributed by atoms with Crippen molar-refractivity contribution in [3.63, 3.8) is 0 Å². The lowest BCUT2D eigenvalue weighted by atomic mass is 10.1. The number of aliphatic imine (C=N–C) groups is 1. The predicted molar refractivity (Wildman–Crippen MR) is 116 cm³/mol. The Morgan fingerprint density at radius 1 is 1.25 bits per heavy atom. The summed E-state index contributed by atoms with van der Waals surface area (Å²) in [7, 11) is 3.60. The van der Waals surface area contributed by atoms with E-state index in [0.717, 1.165) is 24.5 Å². The zero-order valence-electron chi connectivity index (χ0n) is 18.1. The highest BCUT2D eigenvalue weighted by molar-refractivity contribution is 5.86. The van der Waals surface area contributed by atoms with Gasteiger partial charge in [-0.15, -0.1) is 0 Å². The Bertz CT molecular complexity index is 659. The number of carbonyl (C=O) groups excluding carboxylic acids is 1. The molecular formula is C21H36N6O. The average Bonchev–Trinajstić information content (AvgIpc) is 2.90. The fourth-order valence-corrected chi connectivity index (χ4v) is 3.36. The molecule has 0 atom stereocenters. The highest BCUT2D eigenvalue weighted by atomic mass is 16.2. The molecule has 0 bridgehead atoms. The van der Waals surface area contributed by atoms with Crippen LogP contribution in [0.5, 0.6) is 0 Å². The molecule has 1 aromatic rings. The van der Waals surface area contributed by atoms with E-state index in [2.05, 4.69) is 31.6 Å². The molecule has 0 spiro atoms. The third-order valence-electron chi connectivity index (χ3n) is 4.66. The van der Waals surface area contributed by atoms with Crippen LogP contribution in [0, 0.1) is 0 Å². The Morgan fingerprint density at radius 2 is 1.93 bits per heavy atom. The minimum Gasteiger partial charge on any atom is -0.357 e. The second-order valence-electron chi connectivity index (χ2n) is 8.48. The number of nitrogens with zero attached hydrogens (tertiary/aromatic N) is 4. The summed E-state index contributed by atoms with van der Waals surface area (Å²) in [4.78, 5) is 25.2. The van der Waals surface area contributed by atoms with Crippen LogP contribution in [0.2, 0.25) is 0 Å². The van der Waals surface area contributed by atoms with Crippen molar-refractivity contribution in [2.24, 2.45) is 4.99 Å². The van der Waals surface area contributed by atoms with Gasteiger partial charge in [0.25, 0.3) is 0 Å². The van der Waals surface area contributed by atoms with E-state index in [9.17, 15) is 4.79 Å². The maximum absolute atomic E-state index is 12.2. The van der Waals surface area contributed by atoms with Gasteiger partial charge in [0, 0.05) is 45.5 Å². The Labute approximate surface area is 169 Å². The fraction of sp³-hybridized carbons (Fsp3) is 0.667. The first kappa shape index (κ1) is 22.0. The first-order valence-electron chi connectivity index (χ1n) is 10.2. The number of amides is 1. The van der Waals surface area contributed by atoms with Gasteiger partial charge in [-0.2, -0.15) is 0 Å². The molecule has 7 heteroatoms. The van der Waals surface area contributed by atoms with Crippen molar-refractivity contribution in [1.82, 2.24) is 20.5 Å². The number of hydrogen-bond acceptors (Lipinski definition) is 4. The van der Waals surface area contributed by atoms with Crippen molar-refractivity contribution < 1.29 is 4.79 Å². The van der Waals surface area contributed by atoms with Crippen molar-refractivity contribution in [1.29, 1.82) is 0 Å². The van der Waals surface area contributed by atoms with Crippen LogP contribution in [0.15, 0.2) is 23.3 Å². The van der Waals surface area contributed by atoms with Crippen LogP contribution >= 0.6 is 0 Å². The van der Waals surface area contributed by atoms with E-state index in [1.54, 1.807) is 7.05 Å². The van der Waals surface area contributed by atoms with Crippen molar-refractivity contribution in [3.8, 4) is 0 Å². The number of likely N-dealkylation sites (N-methyl/N-ethyl adjacent to an activating group) is 1. The smallest absolute Gasteiger partial charge is 0.240 e. The van der Waals surface area contributed by atoms with E-state index in [0.29, 0.717) is 12.5 Å². The summed E-state index contributed by atoms with van der Waals surface area (Å²) < 4.78 is 0. The molecule has 1 amide bonds. The van der Waals surface area contributed by atoms with E-state index in [4.69, 9.17) is 0 Å². The fourth-order valence-electron chi connectivity index (χ4n) is 3.36. The summed E-state index contributed by atoms with van der Waals surface area (Å²) in [6.45, 7) is 8.98. The largest absolute Gasteiger partial charge is 0.357 e. The van der Waals surface area contributed by atoms with Crippen LogP contribution < -0.4 is 15.5 Å². The van der Waals surface area contributed by atoms with Gasteiger partial charge in [0.15, 0.2) is 5.96 Å². The van der Waals surface area contributed by atoms with Crippen LogP contribution in [-0.2, 0) is 11.3 Å². The van der Waals surface area contributed by atoms with Gasteiger partial charge in [0.1, 0.15) is 5.82 Å². The molecule has 7 nitrogen and oxygen atoms in total. The number of aromatic nitrogens is 1. The summed E-state index contributed by atoms with van der Waals surface area (Å²) >= 11 is 0. The van der Waals surface area contributed by atoms with E-state index in [-0.39, 0.29) is 18.0 Å². The van der Waals surface area contributed by atoms with Crippen molar-refractivity contribution >= 4 is 17.7 Å². The lowest BCUT2D eigenvalue weighted by molar-refractivity contribution is -0.122. The zero-order valence-corrected chi connectivity index (χ0v) is 18.1. The van der Waals surface area contributed by atoms with Crippen molar-refractivity contribution in [3.05, 3.63) is 23.9 Å². The van der Waals surface area contributed by atoms with Gasteiger partial charge < -0.3 is 20.4 Å². The maximum atomic E-state index is 12.2. The summed E-state index contributed by atoms with van der Waals surface area (Å²) in [5.74, 6) is 1.72. The maximum Gasteiger partial charge on any atom is 0.240 e. The van der Waals surface area contributed by atoms with Crippen LogP contribution in [0.25, 0.3) is 0 Å². The van der Waals surface area contributed by atoms with Crippen LogP contribution in [-0.4, -0.2) is 61.0 Å². The Hall–Kier alpha value is -2.31. The number of guanidine groups is 1. The quantitative estimate of drug-likeness (QED) is 0.599. The average molecular weight is 389 g/mol. The first-order valence-corrected chi connectivity index (χ1v) is 10.2. The van der Waals surface area contributed by atoms with Crippen molar-refractivity contribution in [2.45, 2.75) is 58.5 Å². The summed E-state index contributed by atoms with van der Waals surface area (Å²) in [6.07, 6.45) is 6.96. The molecule has 1 fully saturated rings. The SMILES string of the molecule is CN=C(NCc1ccnc(N2CCCCCC2)c1)N(C)CC(=O)NC(C)(C)C. The topological polar surface area (TPSA) is 72.9 Å². The van der Waals surface area contributed by atoms with Gasteiger partial charge in [0.05, 0.1) is 6.54 Å².